The Morgan fingerprint density at radius 2 is 1.94 bits per heavy atom. The van der Waals surface area contributed by atoms with Crippen LogP contribution in [0.15, 0.2) is 69.8 Å². The van der Waals surface area contributed by atoms with Crippen molar-refractivity contribution in [1.29, 1.82) is 0 Å². The molecule has 172 valence electrons. The van der Waals surface area contributed by atoms with Crippen LogP contribution in [0.2, 0.25) is 0 Å². The molecule has 0 unspecified atom stereocenters. The molecule has 34 heavy (non-hydrogen) atoms. The lowest BCUT2D eigenvalue weighted by Gasteiger charge is -2.32. The number of aromatic amines is 1. The molecular weight excluding hydrogens is 456 g/mol. The van der Waals surface area contributed by atoms with Gasteiger partial charge in [-0.1, -0.05) is 36.0 Å². The zero-order chi connectivity index (χ0) is 23.8. The van der Waals surface area contributed by atoms with E-state index in [-0.39, 0.29) is 22.8 Å². The van der Waals surface area contributed by atoms with Crippen LogP contribution in [0.4, 0.5) is 11.5 Å². The first-order chi connectivity index (χ1) is 16.4. The van der Waals surface area contributed by atoms with Gasteiger partial charge in [-0.3, -0.25) is 19.7 Å². The van der Waals surface area contributed by atoms with E-state index in [1.54, 1.807) is 36.4 Å². The molecule has 1 aromatic heterocycles. The number of non-ortho nitro benzene ring substituents is 1. The number of rotatable bonds is 5. The molecule has 10 heteroatoms. The van der Waals surface area contributed by atoms with Gasteiger partial charge in [0.1, 0.15) is 11.6 Å². The summed E-state index contributed by atoms with van der Waals surface area (Å²) in [6.07, 6.45) is 1.81. The molecule has 2 heterocycles. The quantitative estimate of drug-likeness (QED) is 0.215. The van der Waals surface area contributed by atoms with E-state index in [9.17, 15) is 24.8 Å². The van der Waals surface area contributed by atoms with E-state index in [1.165, 1.54) is 23.9 Å². The zero-order valence-electron chi connectivity index (χ0n) is 17.9. The van der Waals surface area contributed by atoms with Crippen molar-refractivity contribution in [3.63, 3.8) is 0 Å². The minimum Gasteiger partial charge on any atom is -0.508 e. The van der Waals surface area contributed by atoms with Crippen LogP contribution in [0.25, 0.3) is 0 Å². The highest BCUT2D eigenvalue weighted by Gasteiger charge is 2.37. The monoisotopic (exact) mass is 476 g/mol. The van der Waals surface area contributed by atoms with Gasteiger partial charge in [-0.25, -0.2) is 4.98 Å². The maximum Gasteiger partial charge on any atom is 0.269 e. The van der Waals surface area contributed by atoms with Crippen molar-refractivity contribution in [3.05, 3.63) is 97.0 Å². The molecule has 5 rings (SSSR count). The summed E-state index contributed by atoms with van der Waals surface area (Å²) in [5.74, 6) is 0.293. The Labute approximate surface area is 198 Å². The van der Waals surface area contributed by atoms with Gasteiger partial charge in [0.2, 0.25) is 0 Å². The number of carbonyl (C=O) groups is 1. The fraction of sp³-hybridized carbons (Fsp3) is 0.208. The molecule has 0 saturated heterocycles. The number of benzene rings is 2. The minimum absolute atomic E-state index is 0.0104. The van der Waals surface area contributed by atoms with E-state index in [4.69, 9.17) is 0 Å². The van der Waals surface area contributed by atoms with Crippen molar-refractivity contribution < 1.29 is 14.8 Å². The van der Waals surface area contributed by atoms with Gasteiger partial charge in [0.05, 0.1) is 10.5 Å². The number of nitro groups is 1. The Morgan fingerprint density at radius 1 is 1.15 bits per heavy atom. The van der Waals surface area contributed by atoms with Crippen LogP contribution in [0.1, 0.15) is 41.9 Å². The number of nitrogens with one attached hydrogen (secondary N) is 2. The van der Waals surface area contributed by atoms with Gasteiger partial charge < -0.3 is 15.4 Å². The lowest BCUT2D eigenvalue weighted by molar-refractivity contribution is -0.384. The molecule has 1 aliphatic heterocycles. The summed E-state index contributed by atoms with van der Waals surface area (Å²) in [7, 11) is 0. The highest BCUT2D eigenvalue weighted by atomic mass is 32.2. The van der Waals surface area contributed by atoms with Crippen LogP contribution < -0.4 is 10.9 Å². The van der Waals surface area contributed by atoms with E-state index in [0.29, 0.717) is 46.3 Å². The Hall–Kier alpha value is -3.92. The third-order valence-corrected chi connectivity index (χ3v) is 6.91. The zero-order valence-corrected chi connectivity index (χ0v) is 18.7. The van der Waals surface area contributed by atoms with Gasteiger partial charge in [0, 0.05) is 41.5 Å². The van der Waals surface area contributed by atoms with Crippen LogP contribution in [0.5, 0.6) is 5.75 Å². The van der Waals surface area contributed by atoms with Crippen LogP contribution in [0.3, 0.4) is 0 Å². The van der Waals surface area contributed by atoms with Gasteiger partial charge in [-0.2, -0.15) is 0 Å². The number of nitrogens with zero attached hydrogens (tertiary/aromatic N) is 2. The second-order valence-electron chi connectivity index (χ2n) is 8.17. The van der Waals surface area contributed by atoms with E-state index in [2.05, 4.69) is 15.3 Å². The Balaban J connectivity index is 1.50. The number of Topliss-reactive ketones (excluding diaryl/α,β-unsaturated/α-hetero) is 1. The average molecular weight is 477 g/mol. The first kappa shape index (κ1) is 21.9. The predicted octanol–water partition coefficient (Wildman–Crippen LogP) is 4.24. The number of nitro benzene ring substituents is 1. The third-order valence-electron chi connectivity index (χ3n) is 5.96. The molecule has 0 amide bonds. The number of thioether (sulfide) groups is 1. The number of hydrogen-bond donors (Lipinski definition) is 3. The third kappa shape index (κ3) is 4.08. The normalized spacial score (nSPS) is 17.1. The van der Waals surface area contributed by atoms with Crippen LogP contribution in [-0.2, 0) is 10.5 Å². The Bertz CT molecular complexity index is 1400. The second kappa shape index (κ2) is 8.79. The summed E-state index contributed by atoms with van der Waals surface area (Å²) in [6, 6.07) is 12.8. The standard InChI is InChI=1S/C24H20N4O5S/c29-16-4-1-3-14(11-16)19-20-17(5-2-6-18(20)30)25-22-21(19)23(31)27-24(26-22)34-12-13-7-9-15(10-8-13)28(32)33/h1,3-4,7-11,19,29H,2,5-6,12H2,(H2,25,26,27,31)/t19-/m0/s1. The number of H-pyrrole nitrogens is 1. The molecule has 0 saturated carbocycles. The second-order valence-corrected chi connectivity index (χ2v) is 9.13. The van der Waals surface area contributed by atoms with Crippen LogP contribution >= 0.6 is 11.8 Å². The van der Waals surface area contributed by atoms with E-state index in [1.807, 2.05) is 0 Å². The molecule has 3 N–H and O–H groups in total. The molecule has 0 spiro atoms. The largest absolute Gasteiger partial charge is 0.508 e. The first-order valence-corrected chi connectivity index (χ1v) is 11.7. The molecule has 2 aliphatic rings. The average Bonchev–Trinajstić information content (AvgIpc) is 2.82. The Morgan fingerprint density at radius 3 is 2.68 bits per heavy atom. The van der Waals surface area contributed by atoms with Gasteiger partial charge >= 0.3 is 0 Å². The number of phenolic OH excluding ortho intramolecular Hbond substituents is 1. The summed E-state index contributed by atoms with van der Waals surface area (Å²) < 4.78 is 0. The summed E-state index contributed by atoms with van der Waals surface area (Å²) in [4.78, 5) is 43.9. The number of fused-ring (bicyclic) bond motifs is 1. The highest BCUT2D eigenvalue weighted by Crippen LogP contribution is 2.44. The minimum atomic E-state index is -0.615. The first-order valence-electron chi connectivity index (χ1n) is 10.7. The number of carbonyl (C=O) groups excluding carboxylic acids is 1. The highest BCUT2D eigenvalue weighted by molar-refractivity contribution is 7.98. The summed E-state index contributed by atoms with van der Waals surface area (Å²) in [5.41, 5.74) is 2.83. The van der Waals surface area contributed by atoms with Crippen molar-refractivity contribution in [2.24, 2.45) is 0 Å². The Kier molecular flexibility index (Phi) is 5.66. The van der Waals surface area contributed by atoms with Gasteiger partial charge in [0.15, 0.2) is 10.9 Å². The number of allylic oxidation sites excluding steroid dienone is 2. The molecule has 9 nitrogen and oxygen atoms in total. The molecule has 3 aromatic rings. The summed E-state index contributed by atoms with van der Waals surface area (Å²) >= 11 is 1.30. The van der Waals surface area contributed by atoms with Crippen LogP contribution in [-0.4, -0.2) is 25.8 Å². The topological polar surface area (TPSA) is 138 Å². The maximum absolute atomic E-state index is 13.2. The fourth-order valence-corrected chi connectivity index (χ4v) is 5.23. The number of anilines is 1. The lowest BCUT2D eigenvalue weighted by atomic mass is 9.76. The predicted molar refractivity (Wildman–Crippen MR) is 127 cm³/mol. The lowest BCUT2D eigenvalue weighted by Crippen LogP contribution is -2.32. The van der Waals surface area contributed by atoms with Gasteiger partial charge in [0.25, 0.3) is 11.2 Å². The summed E-state index contributed by atoms with van der Waals surface area (Å²) in [6.45, 7) is 0. The molecule has 1 aliphatic carbocycles. The van der Waals surface area contributed by atoms with Crippen molar-refractivity contribution in [3.8, 4) is 5.75 Å². The van der Waals surface area contributed by atoms with Crippen molar-refractivity contribution in [1.82, 2.24) is 9.97 Å². The maximum atomic E-state index is 13.2. The van der Waals surface area contributed by atoms with E-state index < -0.39 is 10.8 Å². The number of aromatic hydroxyl groups is 1. The number of phenols is 1. The van der Waals surface area contributed by atoms with Crippen molar-refractivity contribution in [2.45, 2.75) is 36.1 Å². The number of ketones is 1. The summed E-state index contributed by atoms with van der Waals surface area (Å²) in [5, 5.41) is 24.5. The molecule has 0 radical (unpaired) electrons. The SMILES string of the molecule is O=C1CCCC2=C1[C@H](c1cccc(O)c1)c1c(nc(SCc3ccc([N+](=O)[O-])cc3)[nH]c1=O)N2. The van der Waals surface area contributed by atoms with E-state index >= 15 is 0 Å². The van der Waals surface area contributed by atoms with E-state index in [0.717, 1.165) is 17.7 Å². The van der Waals surface area contributed by atoms with Crippen molar-refractivity contribution in [2.75, 3.05) is 5.32 Å². The van der Waals surface area contributed by atoms with Crippen LogP contribution in [0, 0.1) is 10.1 Å². The van der Waals surface area contributed by atoms with Gasteiger partial charge in [-0.15, -0.1) is 0 Å². The van der Waals surface area contributed by atoms with Gasteiger partial charge in [-0.05, 0) is 36.1 Å². The van der Waals surface area contributed by atoms with Crippen molar-refractivity contribution >= 4 is 29.1 Å². The molecule has 2 aromatic carbocycles. The fourth-order valence-electron chi connectivity index (χ4n) is 4.41. The molecule has 1 atom stereocenters. The smallest absolute Gasteiger partial charge is 0.269 e. The number of aromatic nitrogens is 2. The molecule has 0 fully saturated rings. The molecular formula is C24H20N4O5S. The molecule has 0 bridgehead atoms. The number of hydrogen-bond acceptors (Lipinski definition) is 8.